The number of aryl methyl sites for hydroxylation is 1. The maximum absolute atomic E-state index is 11.0. The summed E-state index contributed by atoms with van der Waals surface area (Å²) in [5.74, 6) is 0.0508. The zero-order valence-corrected chi connectivity index (χ0v) is 13.1. The fourth-order valence-corrected chi connectivity index (χ4v) is 2.93. The molecule has 3 rings (SSSR count). The highest BCUT2D eigenvalue weighted by atomic mass is 16.4. The van der Waals surface area contributed by atoms with Crippen LogP contribution in [-0.4, -0.2) is 18.1 Å². The molecule has 0 spiro atoms. The van der Waals surface area contributed by atoms with E-state index in [9.17, 15) is 4.79 Å². The molecule has 0 radical (unpaired) electrons. The molecule has 0 unspecified atom stereocenters. The lowest BCUT2D eigenvalue weighted by Gasteiger charge is -2.40. The normalized spacial score (nSPS) is 16.0. The van der Waals surface area contributed by atoms with Crippen LogP contribution in [0.1, 0.15) is 54.8 Å². The van der Waals surface area contributed by atoms with E-state index in [0.717, 1.165) is 35.1 Å². The maximum atomic E-state index is 11.0. The summed E-state index contributed by atoms with van der Waals surface area (Å²) in [7, 11) is 1.95. The predicted molar refractivity (Wildman–Crippen MR) is 83.8 cm³/mol. The van der Waals surface area contributed by atoms with Crippen LogP contribution < -0.4 is 5.32 Å². The van der Waals surface area contributed by atoms with Gasteiger partial charge in [-0.3, -0.25) is 0 Å². The van der Waals surface area contributed by atoms with Gasteiger partial charge in [-0.1, -0.05) is 13.8 Å². The van der Waals surface area contributed by atoms with Crippen LogP contribution >= 0.6 is 0 Å². The van der Waals surface area contributed by atoms with E-state index in [1.165, 1.54) is 6.42 Å². The van der Waals surface area contributed by atoms with Crippen LogP contribution in [0.5, 0.6) is 0 Å². The van der Waals surface area contributed by atoms with Crippen LogP contribution in [0.3, 0.4) is 0 Å². The number of fused-ring (bicyclic) bond motifs is 1. The summed E-state index contributed by atoms with van der Waals surface area (Å²) >= 11 is 0. The zero-order valence-electron chi connectivity index (χ0n) is 13.1. The first-order valence-corrected chi connectivity index (χ1v) is 7.53. The Morgan fingerprint density at radius 2 is 2.00 bits per heavy atom. The van der Waals surface area contributed by atoms with Crippen molar-refractivity contribution in [1.29, 1.82) is 0 Å². The molecule has 1 fully saturated rings. The third kappa shape index (κ3) is 2.44. The van der Waals surface area contributed by atoms with Crippen molar-refractivity contribution in [2.45, 2.75) is 45.6 Å². The van der Waals surface area contributed by atoms with Crippen molar-refractivity contribution in [2.24, 2.45) is 0 Å². The van der Waals surface area contributed by atoms with Crippen LogP contribution in [0, 0.1) is 6.92 Å². The fourth-order valence-electron chi connectivity index (χ4n) is 2.93. The smallest absolute Gasteiger partial charge is 0.335 e. The van der Waals surface area contributed by atoms with Gasteiger partial charge in [-0.15, -0.1) is 0 Å². The number of hydrogen-bond donors (Lipinski definition) is 2. The van der Waals surface area contributed by atoms with E-state index in [0.29, 0.717) is 5.56 Å². The van der Waals surface area contributed by atoms with E-state index in [-0.39, 0.29) is 5.54 Å². The lowest BCUT2D eigenvalue weighted by molar-refractivity contribution is 0.0697. The molecule has 114 valence electrons. The molecule has 0 aliphatic heterocycles. The van der Waals surface area contributed by atoms with Gasteiger partial charge in [-0.05, 0) is 51.4 Å². The number of nitrogens with one attached hydrogen (secondary N) is 1. The molecule has 4 nitrogen and oxygen atoms in total. The summed E-state index contributed by atoms with van der Waals surface area (Å²) in [4.78, 5) is 11.0. The molecule has 0 atom stereocenters. The van der Waals surface area contributed by atoms with Crippen LogP contribution in [0.25, 0.3) is 11.0 Å². The number of rotatable bonds is 3. The van der Waals surface area contributed by atoms with Gasteiger partial charge in [0, 0.05) is 10.9 Å². The standard InChI is InChI=1S/C15H17NO3.C2H6/c1-9-11-8-10(14(17)18)4-5-12(11)19-13(9)15(16-2)6-3-7-15;1-2/h4-5,8,16H,3,6-7H2,1-2H3,(H,17,18);1-2H3. The summed E-state index contributed by atoms with van der Waals surface area (Å²) in [6.07, 6.45) is 3.32. The van der Waals surface area contributed by atoms with E-state index >= 15 is 0 Å². The largest absolute Gasteiger partial charge is 0.478 e. The topological polar surface area (TPSA) is 62.5 Å². The van der Waals surface area contributed by atoms with Gasteiger partial charge in [-0.2, -0.15) is 0 Å². The van der Waals surface area contributed by atoms with Crippen molar-refractivity contribution in [3.8, 4) is 0 Å². The van der Waals surface area contributed by atoms with Crippen molar-refractivity contribution in [2.75, 3.05) is 7.05 Å². The van der Waals surface area contributed by atoms with Crippen LogP contribution in [-0.2, 0) is 5.54 Å². The van der Waals surface area contributed by atoms with Crippen molar-refractivity contribution in [3.63, 3.8) is 0 Å². The fraction of sp³-hybridized carbons (Fsp3) is 0.471. The minimum atomic E-state index is -0.906. The minimum Gasteiger partial charge on any atom is -0.478 e. The number of aromatic carboxylic acids is 1. The van der Waals surface area contributed by atoms with E-state index in [2.05, 4.69) is 5.32 Å². The van der Waals surface area contributed by atoms with Gasteiger partial charge in [0.1, 0.15) is 11.3 Å². The lowest BCUT2D eigenvalue weighted by Crippen LogP contribution is -2.46. The first kappa shape index (κ1) is 15.6. The van der Waals surface area contributed by atoms with Gasteiger partial charge in [0.05, 0.1) is 11.1 Å². The molecule has 1 saturated carbocycles. The summed E-state index contributed by atoms with van der Waals surface area (Å²) in [5.41, 5.74) is 2.05. The second kappa shape index (κ2) is 5.90. The Morgan fingerprint density at radius 1 is 1.33 bits per heavy atom. The second-order valence-corrected chi connectivity index (χ2v) is 5.26. The number of benzene rings is 1. The Labute approximate surface area is 125 Å². The molecule has 0 bridgehead atoms. The van der Waals surface area contributed by atoms with Crippen molar-refractivity contribution in [3.05, 3.63) is 35.1 Å². The second-order valence-electron chi connectivity index (χ2n) is 5.26. The molecule has 21 heavy (non-hydrogen) atoms. The number of carboxylic acids is 1. The van der Waals surface area contributed by atoms with E-state index < -0.39 is 5.97 Å². The van der Waals surface area contributed by atoms with Gasteiger partial charge >= 0.3 is 5.97 Å². The third-order valence-corrected chi connectivity index (χ3v) is 4.30. The SMILES string of the molecule is CC.CNC1(c2oc3ccc(C(=O)O)cc3c2C)CCC1. The van der Waals surface area contributed by atoms with Gasteiger partial charge in [0.25, 0.3) is 0 Å². The molecule has 1 aliphatic rings. The van der Waals surface area contributed by atoms with E-state index in [4.69, 9.17) is 9.52 Å². The Balaban J connectivity index is 0.000000774. The molecular weight excluding hydrogens is 266 g/mol. The van der Waals surface area contributed by atoms with E-state index in [1.54, 1.807) is 18.2 Å². The zero-order chi connectivity index (χ0) is 15.6. The van der Waals surface area contributed by atoms with Crippen LogP contribution in [0.15, 0.2) is 22.6 Å². The summed E-state index contributed by atoms with van der Waals surface area (Å²) in [5, 5.41) is 13.3. The van der Waals surface area contributed by atoms with Crippen molar-refractivity contribution in [1.82, 2.24) is 5.32 Å². The molecule has 2 N–H and O–H groups in total. The molecule has 1 aromatic heterocycles. The van der Waals surface area contributed by atoms with Crippen molar-refractivity contribution < 1.29 is 14.3 Å². The summed E-state index contributed by atoms with van der Waals surface area (Å²) in [6, 6.07) is 5.03. The Morgan fingerprint density at radius 3 is 2.48 bits per heavy atom. The average molecular weight is 289 g/mol. The van der Waals surface area contributed by atoms with Gasteiger partial charge < -0.3 is 14.8 Å². The number of carboxylic acid groups (broad SMARTS) is 1. The van der Waals surface area contributed by atoms with Crippen molar-refractivity contribution >= 4 is 16.9 Å². The van der Waals surface area contributed by atoms with Gasteiger partial charge in [0.2, 0.25) is 0 Å². The quantitative estimate of drug-likeness (QED) is 0.894. The molecule has 0 amide bonds. The number of hydrogen-bond acceptors (Lipinski definition) is 3. The molecule has 0 saturated heterocycles. The lowest BCUT2D eigenvalue weighted by atomic mass is 9.74. The average Bonchev–Trinajstić information content (AvgIpc) is 2.78. The molecule has 1 heterocycles. The Bertz CT molecular complexity index is 648. The highest BCUT2D eigenvalue weighted by molar-refractivity contribution is 5.94. The summed E-state index contributed by atoms with van der Waals surface area (Å²) < 4.78 is 5.98. The van der Waals surface area contributed by atoms with Crippen LogP contribution in [0.4, 0.5) is 0 Å². The first-order chi connectivity index (χ1) is 10.1. The summed E-state index contributed by atoms with van der Waals surface area (Å²) in [6.45, 7) is 6.00. The van der Waals surface area contributed by atoms with Gasteiger partial charge in [-0.25, -0.2) is 4.79 Å². The molecule has 1 aliphatic carbocycles. The van der Waals surface area contributed by atoms with Crippen LogP contribution in [0.2, 0.25) is 0 Å². The third-order valence-electron chi connectivity index (χ3n) is 4.30. The Kier molecular flexibility index (Phi) is 4.37. The highest BCUT2D eigenvalue weighted by Gasteiger charge is 2.41. The van der Waals surface area contributed by atoms with E-state index in [1.807, 2.05) is 27.8 Å². The van der Waals surface area contributed by atoms with Gasteiger partial charge in [0.15, 0.2) is 0 Å². The molecular formula is C17H23NO3. The monoisotopic (exact) mass is 289 g/mol. The molecule has 2 aromatic rings. The highest BCUT2D eigenvalue weighted by Crippen LogP contribution is 2.45. The Hall–Kier alpha value is -1.81. The predicted octanol–water partition coefficient (Wildman–Crippen LogP) is 4.06. The number of furan rings is 1. The first-order valence-electron chi connectivity index (χ1n) is 7.53. The maximum Gasteiger partial charge on any atom is 0.335 e. The molecule has 1 aromatic carbocycles. The molecule has 4 heteroatoms. The minimum absolute atomic E-state index is 0.0630. The number of carbonyl (C=O) groups is 1.